The number of carbonyl (C=O) groups is 2. The fourth-order valence-electron chi connectivity index (χ4n) is 5.04. The van der Waals surface area contributed by atoms with Gasteiger partial charge in [0.2, 0.25) is 0 Å². The lowest BCUT2D eigenvalue weighted by atomic mass is 9.94. The SMILES string of the molecule is CC(O)(c1ccc(C(=O)O)cc1)C(F)(F)F.CCN(Cc1ccccc1)C(=O)c1ccc(C(C)(O)C(F)(F)F)cc1.CCNCc1ccccc1.CN1CCOCC1. The number of nitrogens with one attached hydrogen (secondary N) is 1. The predicted molar refractivity (Wildman–Crippen MR) is 210 cm³/mol. The molecule has 5 rings (SSSR count). The highest BCUT2D eigenvalue weighted by Gasteiger charge is 2.52. The van der Waals surface area contributed by atoms with E-state index in [1.807, 2.05) is 43.3 Å². The second-order valence-electron chi connectivity index (χ2n) is 13.6. The Bertz CT molecular complexity index is 1780. The van der Waals surface area contributed by atoms with Crippen LogP contribution >= 0.6 is 0 Å². The molecular formula is C43H53F6N3O6. The number of rotatable bonds is 10. The number of hydrogen-bond acceptors (Lipinski definition) is 7. The Morgan fingerprint density at radius 2 is 1.10 bits per heavy atom. The second-order valence-corrected chi connectivity index (χ2v) is 13.6. The monoisotopic (exact) mass is 821 g/mol. The van der Waals surface area contributed by atoms with Gasteiger partial charge < -0.3 is 35.2 Å². The zero-order chi connectivity index (χ0) is 43.6. The lowest BCUT2D eigenvalue weighted by Gasteiger charge is -2.27. The highest BCUT2D eigenvalue weighted by molar-refractivity contribution is 5.94. The fourth-order valence-corrected chi connectivity index (χ4v) is 5.04. The maximum Gasteiger partial charge on any atom is 0.421 e. The molecule has 1 fully saturated rings. The Kier molecular flexibility index (Phi) is 19.5. The van der Waals surface area contributed by atoms with Crippen molar-refractivity contribution in [2.75, 3.05) is 46.4 Å². The van der Waals surface area contributed by atoms with E-state index < -0.39 is 35.1 Å². The Balaban J connectivity index is 0.000000298. The molecule has 1 amide bonds. The Morgan fingerprint density at radius 1 is 0.690 bits per heavy atom. The molecule has 1 heterocycles. The topological polar surface area (TPSA) is 123 Å². The molecule has 2 unspecified atom stereocenters. The number of nitrogens with zero attached hydrogens (tertiary/aromatic N) is 2. The summed E-state index contributed by atoms with van der Waals surface area (Å²) >= 11 is 0. The average Bonchev–Trinajstić information content (AvgIpc) is 3.20. The van der Waals surface area contributed by atoms with E-state index in [1.54, 1.807) is 4.90 Å². The van der Waals surface area contributed by atoms with E-state index in [4.69, 9.17) is 9.84 Å². The first kappa shape index (κ1) is 49.3. The number of carboxylic acids is 1. The highest BCUT2D eigenvalue weighted by atomic mass is 19.4. The Labute approximate surface area is 335 Å². The molecule has 9 nitrogen and oxygen atoms in total. The van der Waals surface area contributed by atoms with Crippen molar-refractivity contribution in [2.45, 2.75) is 64.3 Å². The maximum absolute atomic E-state index is 12.9. The Hall–Kier alpha value is -4.80. The molecule has 2 atom stereocenters. The van der Waals surface area contributed by atoms with Crippen LogP contribution in [0.2, 0.25) is 0 Å². The molecule has 1 aliphatic heterocycles. The van der Waals surface area contributed by atoms with Gasteiger partial charge >= 0.3 is 18.3 Å². The van der Waals surface area contributed by atoms with Crippen LogP contribution in [0.25, 0.3) is 0 Å². The molecule has 0 aromatic heterocycles. The summed E-state index contributed by atoms with van der Waals surface area (Å²) in [5.41, 5.74) is -4.18. The zero-order valence-corrected chi connectivity index (χ0v) is 33.3. The summed E-state index contributed by atoms with van der Waals surface area (Å²) < 4.78 is 81.0. The standard InChI is InChI=1S/C19H20F3NO2.C10H9F3O3.C9H13N.C5H11NO/c1-3-23(13-14-7-5-4-6-8-14)17(24)15-9-11-16(12-10-15)18(2,25)19(20,21)22;1-9(16,10(11,12)13)7-4-2-6(3-5-7)8(14)15;1-2-10-8-9-6-4-3-5-7-9;1-6-2-4-7-5-3-6/h4-12,25H,3,13H2,1-2H3;2-5,16H,1H3,(H,14,15);3-7,10H,2,8H2,1H3;2-5H2,1H3. The largest absolute Gasteiger partial charge is 0.478 e. The maximum atomic E-state index is 12.9. The summed E-state index contributed by atoms with van der Waals surface area (Å²) in [5, 5.41) is 30.8. The molecule has 0 radical (unpaired) electrons. The van der Waals surface area contributed by atoms with Gasteiger partial charge in [-0.15, -0.1) is 0 Å². The van der Waals surface area contributed by atoms with Crippen LogP contribution < -0.4 is 5.32 Å². The number of aromatic carboxylic acids is 1. The van der Waals surface area contributed by atoms with Crippen molar-refractivity contribution >= 4 is 11.9 Å². The number of alkyl halides is 6. The molecule has 4 N–H and O–H groups in total. The molecule has 0 spiro atoms. The van der Waals surface area contributed by atoms with Crippen molar-refractivity contribution in [3.05, 3.63) is 143 Å². The molecule has 1 aliphatic rings. The molecule has 15 heteroatoms. The van der Waals surface area contributed by atoms with Gasteiger partial charge in [0.05, 0.1) is 18.8 Å². The molecule has 4 aromatic rings. The molecule has 0 aliphatic carbocycles. The number of carboxylic acid groups (broad SMARTS) is 1. The third-order valence-electron chi connectivity index (χ3n) is 9.03. The number of amides is 1. The molecular weight excluding hydrogens is 768 g/mol. The van der Waals surface area contributed by atoms with Gasteiger partial charge in [-0.2, -0.15) is 26.3 Å². The minimum absolute atomic E-state index is 0.137. The number of hydrogen-bond donors (Lipinski definition) is 4. The quantitative estimate of drug-likeness (QED) is 0.119. The summed E-state index contributed by atoms with van der Waals surface area (Å²) in [4.78, 5) is 26.9. The minimum Gasteiger partial charge on any atom is -0.478 e. The Morgan fingerprint density at radius 3 is 1.45 bits per heavy atom. The van der Waals surface area contributed by atoms with Gasteiger partial charge in [0.1, 0.15) is 0 Å². The number of benzene rings is 4. The first-order valence-corrected chi connectivity index (χ1v) is 18.5. The van der Waals surface area contributed by atoms with Gasteiger partial charge in [0.25, 0.3) is 5.91 Å². The van der Waals surface area contributed by atoms with Crippen molar-refractivity contribution < 1.29 is 56.0 Å². The number of halogens is 6. The van der Waals surface area contributed by atoms with Crippen molar-refractivity contribution in [2.24, 2.45) is 0 Å². The second kappa shape index (κ2) is 23.0. The van der Waals surface area contributed by atoms with Gasteiger partial charge in [0.15, 0.2) is 11.2 Å². The first-order chi connectivity index (χ1) is 27.1. The average molecular weight is 822 g/mol. The third-order valence-corrected chi connectivity index (χ3v) is 9.03. The van der Waals surface area contributed by atoms with Crippen LogP contribution in [0.15, 0.2) is 109 Å². The summed E-state index contributed by atoms with van der Waals surface area (Å²) in [6.07, 6.45) is -9.60. The third kappa shape index (κ3) is 15.5. The van der Waals surface area contributed by atoms with E-state index in [0.29, 0.717) is 26.9 Å². The molecule has 58 heavy (non-hydrogen) atoms. The fraction of sp³-hybridized carbons (Fsp3) is 0.395. The lowest BCUT2D eigenvalue weighted by Crippen LogP contribution is -2.39. The first-order valence-electron chi connectivity index (χ1n) is 18.5. The molecule has 1 saturated heterocycles. The van der Waals surface area contributed by atoms with E-state index in [9.17, 15) is 46.1 Å². The highest BCUT2D eigenvalue weighted by Crippen LogP contribution is 2.39. The van der Waals surface area contributed by atoms with Gasteiger partial charge in [-0.1, -0.05) is 91.9 Å². The van der Waals surface area contributed by atoms with Crippen LogP contribution in [0.4, 0.5) is 26.3 Å². The van der Waals surface area contributed by atoms with Crippen molar-refractivity contribution in [1.82, 2.24) is 15.1 Å². The number of ether oxygens (including phenoxy) is 1. The van der Waals surface area contributed by atoms with Crippen LogP contribution in [0.5, 0.6) is 0 Å². The van der Waals surface area contributed by atoms with E-state index >= 15 is 0 Å². The number of likely N-dealkylation sites (N-methyl/N-ethyl adjacent to an activating group) is 1. The summed E-state index contributed by atoms with van der Waals surface area (Å²) in [6.45, 7) is 12.2. The molecule has 318 valence electrons. The number of carbonyl (C=O) groups excluding carboxylic acids is 1. The lowest BCUT2D eigenvalue weighted by molar-refractivity contribution is -0.259. The summed E-state index contributed by atoms with van der Waals surface area (Å²) in [7, 11) is 2.11. The van der Waals surface area contributed by atoms with Crippen molar-refractivity contribution in [3.63, 3.8) is 0 Å². The molecule has 4 aromatic carbocycles. The smallest absolute Gasteiger partial charge is 0.421 e. The number of morpholine rings is 1. The van der Waals surface area contributed by atoms with Gasteiger partial charge in [-0.05, 0) is 80.9 Å². The number of aliphatic hydroxyl groups is 2. The predicted octanol–water partition coefficient (Wildman–Crippen LogP) is 8.02. The van der Waals surface area contributed by atoms with Crippen LogP contribution in [-0.2, 0) is 29.0 Å². The van der Waals surface area contributed by atoms with Crippen LogP contribution in [0, 0.1) is 0 Å². The van der Waals surface area contributed by atoms with Gasteiger partial charge in [0, 0.05) is 38.3 Å². The normalized spacial score (nSPS) is 15.1. The van der Waals surface area contributed by atoms with Crippen molar-refractivity contribution in [3.8, 4) is 0 Å². The summed E-state index contributed by atoms with van der Waals surface area (Å²) in [5.74, 6) is -1.51. The van der Waals surface area contributed by atoms with Crippen molar-refractivity contribution in [1.29, 1.82) is 0 Å². The van der Waals surface area contributed by atoms with E-state index in [-0.39, 0.29) is 22.6 Å². The van der Waals surface area contributed by atoms with E-state index in [0.717, 1.165) is 81.4 Å². The van der Waals surface area contributed by atoms with Crippen LogP contribution in [-0.4, -0.2) is 95.8 Å². The minimum atomic E-state index is -4.81. The van der Waals surface area contributed by atoms with Gasteiger partial charge in [-0.25, -0.2) is 4.79 Å². The molecule has 0 saturated carbocycles. The zero-order valence-electron chi connectivity index (χ0n) is 33.3. The summed E-state index contributed by atoms with van der Waals surface area (Å²) in [6, 6.07) is 28.7. The van der Waals surface area contributed by atoms with Crippen LogP contribution in [0.1, 0.15) is 70.7 Å². The van der Waals surface area contributed by atoms with Gasteiger partial charge in [-0.3, -0.25) is 4.79 Å². The van der Waals surface area contributed by atoms with E-state index in [2.05, 4.69) is 48.5 Å². The van der Waals surface area contributed by atoms with Crippen LogP contribution in [0.3, 0.4) is 0 Å². The van der Waals surface area contributed by atoms with E-state index in [1.165, 1.54) is 17.7 Å². The molecule has 0 bridgehead atoms.